The van der Waals surface area contributed by atoms with Gasteiger partial charge in [-0.3, -0.25) is 9.59 Å². The number of rotatable bonds is 4. The average molecular weight is 339 g/mol. The Morgan fingerprint density at radius 2 is 1.96 bits per heavy atom. The van der Waals surface area contributed by atoms with Crippen molar-refractivity contribution in [3.63, 3.8) is 0 Å². The van der Waals surface area contributed by atoms with Crippen molar-refractivity contribution in [1.29, 1.82) is 0 Å². The molecule has 1 aromatic carbocycles. The van der Waals surface area contributed by atoms with E-state index >= 15 is 0 Å². The summed E-state index contributed by atoms with van der Waals surface area (Å²) in [7, 11) is 1.33. The maximum absolute atomic E-state index is 13.0. The molecule has 1 heterocycles. The minimum absolute atomic E-state index is 0.00349. The molecular formula is C17H23ClN2O3. The lowest BCUT2D eigenvalue weighted by Gasteiger charge is -2.39. The molecule has 0 unspecified atom stereocenters. The van der Waals surface area contributed by atoms with E-state index in [4.69, 9.17) is 11.6 Å². The van der Waals surface area contributed by atoms with Crippen LogP contribution in [-0.4, -0.2) is 42.5 Å². The first-order valence-corrected chi connectivity index (χ1v) is 8.24. The molecule has 0 aliphatic carbocycles. The highest BCUT2D eigenvalue weighted by molar-refractivity contribution is 6.31. The van der Waals surface area contributed by atoms with Gasteiger partial charge in [0.15, 0.2) is 0 Å². The van der Waals surface area contributed by atoms with E-state index < -0.39 is 5.97 Å². The number of hydrogen-bond acceptors (Lipinski definition) is 4. The SMILES string of the molecule is COC(=O)CNc1ccc(Cl)cc1C(=O)N1[C@H](C)CCC[C@@H]1C. The summed E-state index contributed by atoms with van der Waals surface area (Å²) in [5.41, 5.74) is 1.08. The molecule has 1 N–H and O–H groups in total. The Kier molecular flexibility index (Phi) is 5.88. The summed E-state index contributed by atoms with van der Waals surface area (Å²) in [5.74, 6) is -0.447. The number of anilines is 1. The lowest BCUT2D eigenvalue weighted by molar-refractivity contribution is -0.138. The molecule has 0 bridgehead atoms. The van der Waals surface area contributed by atoms with Gasteiger partial charge in [0.2, 0.25) is 0 Å². The Morgan fingerprint density at radius 1 is 1.30 bits per heavy atom. The van der Waals surface area contributed by atoms with Crippen LogP contribution in [0.3, 0.4) is 0 Å². The van der Waals surface area contributed by atoms with Crippen LogP contribution in [-0.2, 0) is 9.53 Å². The second-order valence-electron chi connectivity index (χ2n) is 5.96. The molecule has 2 atom stereocenters. The molecule has 1 amide bonds. The fourth-order valence-electron chi connectivity index (χ4n) is 3.05. The molecular weight excluding hydrogens is 316 g/mol. The number of hydrogen-bond donors (Lipinski definition) is 1. The first kappa shape index (κ1) is 17.6. The van der Waals surface area contributed by atoms with Gasteiger partial charge >= 0.3 is 5.97 Å². The van der Waals surface area contributed by atoms with E-state index in [9.17, 15) is 9.59 Å². The minimum Gasteiger partial charge on any atom is -0.468 e. The topological polar surface area (TPSA) is 58.6 Å². The molecule has 0 aromatic heterocycles. The predicted molar refractivity (Wildman–Crippen MR) is 90.9 cm³/mol. The van der Waals surface area contributed by atoms with Gasteiger partial charge in [-0.25, -0.2) is 0 Å². The third-order valence-electron chi connectivity index (χ3n) is 4.29. The summed E-state index contributed by atoms with van der Waals surface area (Å²) in [5, 5.41) is 3.45. The van der Waals surface area contributed by atoms with Crippen LogP contribution in [0.5, 0.6) is 0 Å². The van der Waals surface area contributed by atoms with E-state index in [2.05, 4.69) is 23.9 Å². The molecule has 5 nitrogen and oxygen atoms in total. The third kappa shape index (κ3) is 4.16. The zero-order valence-corrected chi connectivity index (χ0v) is 14.5. The van der Waals surface area contributed by atoms with Gasteiger partial charge in [-0.15, -0.1) is 0 Å². The highest BCUT2D eigenvalue weighted by Gasteiger charge is 2.30. The largest absolute Gasteiger partial charge is 0.468 e. The smallest absolute Gasteiger partial charge is 0.325 e. The van der Waals surface area contributed by atoms with E-state index in [1.165, 1.54) is 7.11 Å². The zero-order valence-electron chi connectivity index (χ0n) is 13.8. The Labute approximate surface area is 141 Å². The summed E-state index contributed by atoms with van der Waals surface area (Å²) < 4.78 is 4.62. The molecule has 0 saturated carbocycles. The summed E-state index contributed by atoms with van der Waals surface area (Å²) >= 11 is 6.07. The van der Waals surface area contributed by atoms with Crippen LogP contribution in [0.2, 0.25) is 5.02 Å². The lowest BCUT2D eigenvalue weighted by atomic mass is 9.96. The van der Waals surface area contributed by atoms with Crippen molar-refractivity contribution in [2.45, 2.75) is 45.2 Å². The Balaban J connectivity index is 2.27. The van der Waals surface area contributed by atoms with Crippen molar-refractivity contribution >= 4 is 29.2 Å². The standard InChI is InChI=1S/C17H23ClN2O3/c1-11-5-4-6-12(2)20(11)17(22)14-9-13(18)7-8-15(14)19-10-16(21)23-3/h7-9,11-12,19H,4-6,10H2,1-3H3/t11-,12+. The number of methoxy groups -OCH3 is 1. The highest BCUT2D eigenvalue weighted by atomic mass is 35.5. The fraction of sp³-hybridized carbons (Fsp3) is 0.529. The first-order valence-electron chi connectivity index (χ1n) is 7.87. The maximum atomic E-state index is 13.0. The molecule has 0 spiro atoms. The van der Waals surface area contributed by atoms with Gasteiger partial charge in [0.1, 0.15) is 6.54 Å². The van der Waals surface area contributed by atoms with Crippen molar-refractivity contribution in [3.05, 3.63) is 28.8 Å². The first-order chi connectivity index (χ1) is 10.9. The molecule has 1 fully saturated rings. The maximum Gasteiger partial charge on any atom is 0.325 e. The molecule has 126 valence electrons. The second-order valence-corrected chi connectivity index (χ2v) is 6.40. The monoisotopic (exact) mass is 338 g/mol. The van der Waals surface area contributed by atoms with Crippen molar-refractivity contribution in [1.82, 2.24) is 4.90 Å². The van der Waals surface area contributed by atoms with Crippen LogP contribution in [0.25, 0.3) is 0 Å². The molecule has 1 aliphatic heterocycles. The van der Waals surface area contributed by atoms with Gasteiger partial charge < -0.3 is 15.0 Å². The zero-order chi connectivity index (χ0) is 17.0. The van der Waals surface area contributed by atoms with Crippen LogP contribution in [0.1, 0.15) is 43.5 Å². The number of carbonyl (C=O) groups excluding carboxylic acids is 2. The number of carbonyl (C=O) groups is 2. The number of likely N-dealkylation sites (tertiary alicyclic amines) is 1. The molecule has 1 aromatic rings. The molecule has 6 heteroatoms. The molecule has 1 aliphatic rings. The van der Waals surface area contributed by atoms with E-state index in [1.807, 2.05) is 4.90 Å². The number of halogens is 1. The van der Waals surface area contributed by atoms with Gasteiger partial charge in [0.05, 0.1) is 12.7 Å². The molecule has 2 rings (SSSR count). The third-order valence-corrected chi connectivity index (χ3v) is 4.53. The van der Waals surface area contributed by atoms with Crippen LogP contribution in [0, 0.1) is 0 Å². The van der Waals surface area contributed by atoms with Gasteiger partial charge in [0, 0.05) is 22.8 Å². The molecule has 23 heavy (non-hydrogen) atoms. The van der Waals surface area contributed by atoms with Crippen LogP contribution in [0.15, 0.2) is 18.2 Å². The molecule has 0 radical (unpaired) electrons. The minimum atomic E-state index is -0.391. The predicted octanol–water partition coefficient (Wildman–Crippen LogP) is 3.33. The lowest BCUT2D eigenvalue weighted by Crippen LogP contribution is -2.47. The van der Waals surface area contributed by atoms with Gasteiger partial charge in [-0.2, -0.15) is 0 Å². The van der Waals surface area contributed by atoms with E-state index in [-0.39, 0.29) is 24.5 Å². The fourth-order valence-corrected chi connectivity index (χ4v) is 3.22. The summed E-state index contributed by atoms with van der Waals surface area (Å²) in [6.07, 6.45) is 3.14. The van der Waals surface area contributed by atoms with Crippen LogP contribution < -0.4 is 5.32 Å². The number of esters is 1. The number of benzene rings is 1. The number of nitrogens with zero attached hydrogens (tertiary/aromatic N) is 1. The Hall–Kier alpha value is -1.75. The van der Waals surface area contributed by atoms with E-state index in [0.29, 0.717) is 16.3 Å². The van der Waals surface area contributed by atoms with Crippen LogP contribution in [0.4, 0.5) is 5.69 Å². The number of piperidine rings is 1. The highest BCUT2D eigenvalue weighted by Crippen LogP contribution is 2.28. The summed E-state index contributed by atoms with van der Waals surface area (Å²) in [6, 6.07) is 5.45. The summed E-state index contributed by atoms with van der Waals surface area (Å²) in [4.78, 5) is 26.3. The van der Waals surface area contributed by atoms with Crippen molar-refractivity contribution in [2.75, 3.05) is 19.0 Å². The quantitative estimate of drug-likeness (QED) is 0.855. The van der Waals surface area contributed by atoms with Gasteiger partial charge in [-0.05, 0) is 51.3 Å². The second kappa shape index (κ2) is 7.68. The Bertz CT molecular complexity index is 581. The van der Waals surface area contributed by atoms with E-state index in [0.717, 1.165) is 19.3 Å². The average Bonchev–Trinajstić information content (AvgIpc) is 2.52. The van der Waals surface area contributed by atoms with Gasteiger partial charge in [-0.1, -0.05) is 11.6 Å². The van der Waals surface area contributed by atoms with Crippen molar-refractivity contribution < 1.29 is 14.3 Å². The number of amides is 1. The Morgan fingerprint density at radius 3 is 2.57 bits per heavy atom. The summed E-state index contributed by atoms with van der Waals surface area (Å²) in [6.45, 7) is 4.14. The van der Waals surface area contributed by atoms with E-state index in [1.54, 1.807) is 18.2 Å². The van der Waals surface area contributed by atoms with Crippen molar-refractivity contribution in [3.8, 4) is 0 Å². The van der Waals surface area contributed by atoms with Crippen LogP contribution >= 0.6 is 11.6 Å². The number of ether oxygens (including phenoxy) is 1. The van der Waals surface area contributed by atoms with Gasteiger partial charge in [0.25, 0.3) is 5.91 Å². The normalized spacial score (nSPS) is 21.0. The number of nitrogens with one attached hydrogen (secondary N) is 1. The van der Waals surface area contributed by atoms with Crippen molar-refractivity contribution in [2.24, 2.45) is 0 Å². The molecule has 1 saturated heterocycles.